The van der Waals surface area contributed by atoms with E-state index in [1.54, 1.807) is 12.1 Å². The van der Waals surface area contributed by atoms with Gasteiger partial charge in [0.15, 0.2) is 0 Å². The van der Waals surface area contributed by atoms with Crippen LogP contribution in [-0.4, -0.2) is 5.11 Å². The van der Waals surface area contributed by atoms with Crippen molar-refractivity contribution in [2.24, 2.45) is 0 Å². The van der Waals surface area contributed by atoms with E-state index in [4.69, 9.17) is 11.6 Å². The molecule has 0 saturated carbocycles. The number of thiophene rings is 1. The first kappa shape index (κ1) is 8.35. The van der Waals surface area contributed by atoms with E-state index in [-0.39, 0.29) is 5.75 Å². The van der Waals surface area contributed by atoms with E-state index in [9.17, 15) is 5.11 Å². The van der Waals surface area contributed by atoms with Crippen molar-refractivity contribution in [3.05, 3.63) is 27.0 Å². The normalized spacial score (nSPS) is 10.8. The minimum atomic E-state index is 0.254. The summed E-state index contributed by atoms with van der Waals surface area (Å²) in [5.41, 5.74) is 0. The lowest BCUT2D eigenvalue weighted by Crippen LogP contribution is -1.66. The molecule has 0 aliphatic carbocycles. The Morgan fingerprint density at radius 2 is 2.08 bits per heavy atom. The molecule has 0 bridgehead atoms. The Bertz CT molecular complexity index is 438. The summed E-state index contributed by atoms with van der Waals surface area (Å²) in [6, 6.07) is 5.20. The van der Waals surface area contributed by atoms with E-state index in [2.05, 4.69) is 15.9 Å². The van der Waals surface area contributed by atoms with E-state index in [1.807, 2.05) is 6.07 Å². The van der Waals surface area contributed by atoms with Gasteiger partial charge in [0.1, 0.15) is 5.75 Å². The highest BCUT2D eigenvalue weighted by Crippen LogP contribution is 2.37. The average molecular weight is 264 g/mol. The fourth-order valence-electron chi connectivity index (χ4n) is 1.06. The molecule has 1 nitrogen and oxygen atoms in total. The molecule has 0 spiro atoms. The second-order valence-electron chi connectivity index (χ2n) is 2.40. The maximum Gasteiger partial charge on any atom is 0.117 e. The Morgan fingerprint density at radius 3 is 2.83 bits per heavy atom. The maximum absolute atomic E-state index is 9.25. The highest BCUT2D eigenvalue weighted by atomic mass is 79.9. The summed E-state index contributed by atoms with van der Waals surface area (Å²) in [6.07, 6.45) is 0. The van der Waals surface area contributed by atoms with Crippen LogP contribution in [0.25, 0.3) is 10.1 Å². The first-order valence-electron chi connectivity index (χ1n) is 3.24. The lowest BCUT2D eigenvalue weighted by atomic mass is 10.2. The predicted octanol–water partition coefficient (Wildman–Crippen LogP) is 4.02. The summed E-state index contributed by atoms with van der Waals surface area (Å²) in [7, 11) is 0. The molecule has 0 radical (unpaired) electrons. The minimum absolute atomic E-state index is 0.254. The van der Waals surface area contributed by atoms with Crippen molar-refractivity contribution in [3.63, 3.8) is 0 Å². The van der Waals surface area contributed by atoms with Crippen LogP contribution in [0.4, 0.5) is 0 Å². The van der Waals surface area contributed by atoms with E-state index in [1.165, 1.54) is 11.3 Å². The standard InChI is InChI=1S/C8H4BrClOS/c9-6-3-5(11)1-4-2-7(10)12-8(4)6/h1-3,11H. The molecule has 1 heterocycles. The number of hydrogen-bond acceptors (Lipinski definition) is 2. The average Bonchev–Trinajstić information content (AvgIpc) is 2.29. The topological polar surface area (TPSA) is 20.2 Å². The Balaban J connectivity index is 2.88. The van der Waals surface area contributed by atoms with E-state index in [0.717, 1.165) is 18.9 Å². The van der Waals surface area contributed by atoms with Gasteiger partial charge in [-0.25, -0.2) is 0 Å². The summed E-state index contributed by atoms with van der Waals surface area (Å²) in [6.45, 7) is 0. The van der Waals surface area contributed by atoms with Gasteiger partial charge >= 0.3 is 0 Å². The fraction of sp³-hybridized carbons (Fsp3) is 0. The van der Waals surface area contributed by atoms with Crippen LogP contribution in [0.5, 0.6) is 5.75 Å². The molecule has 0 aliphatic heterocycles. The first-order chi connectivity index (χ1) is 5.66. The van der Waals surface area contributed by atoms with Crippen molar-refractivity contribution in [3.8, 4) is 5.75 Å². The van der Waals surface area contributed by atoms with Crippen LogP contribution < -0.4 is 0 Å². The number of halogens is 2. The van der Waals surface area contributed by atoms with Gasteiger partial charge in [0.2, 0.25) is 0 Å². The molecule has 2 aromatic rings. The summed E-state index contributed by atoms with van der Waals surface area (Å²) >= 11 is 10.7. The number of rotatable bonds is 0. The van der Waals surface area contributed by atoms with Gasteiger partial charge < -0.3 is 5.11 Å². The molecule has 2 rings (SSSR count). The zero-order chi connectivity index (χ0) is 8.72. The Labute approximate surface area is 86.7 Å². The second-order valence-corrected chi connectivity index (χ2v) is 4.93. The second kappa shape index (κ2) is 2.91. The minimum Gasteiger partial charge on any atom is -0.508 e. The molecule has 62 valence electrons. The lowest BCUT2D eigenvalue weighted by molar-refractivity contribution is 0.476. The van der Waals surface area contributed by atoms with Crippen LogP contribution >= 0.6 is 38.9 Å². The van der Waals surface area contributed by atoms with Gasteiger partial charge in [0, 0.05) is 4.47 Å². The zero-order valence-electron chi connectivity index (χ0n) is 5.84. The molecular formula is C8H4BrClOS. The van der Waals surface area contributed by atoms with Gasteiger partial charge in [-0.15, -0.1) is 11.3 Å². The molecule has 0 aliphatic rings. The predicted molar refractivity (Wildman–Crippen MR) is 56.2 cm³/mol. The highest BCUT2D eigenvalue weighted by molar-refractivity contribution is 9.10. The van der Waals surface area contributed by atoms with Gasteiger partial charge in [-0.3, -0.25) is 0 Å². The summed E-state index contributed by atoms with van der Waals surface area (Å²) in [5.74, 6) is 0.254. The molecular weight excluding hydrogens is 260 g/mol. The van der Waals surface area contributed by atoms with Crippen LogP contribution in [0.3, 0.4) is 0 Å². The largest absolute Gasteiger partial charge is 0.508 e. The monoisotopic (exact) mass is 262 g/mol. The lowest BCUT2D eigenvalue weighted by Gasteiger charge is -1.94. The van der Waals surface area contributed by atoms with Crippen LogP contribution in [0.2, 0.25) is 4.34 Å². The van der Waals surface area contributed by atoms with Crippen molar-refractivity contribution in [2.75, 3.05) is 0 Å². The quantitative estimate of drug-likeness (QED) is 0.761. The molecule has 1 aromatic carbocycles. The van der Waals surface area contributed by atoms with Crippen LogP contribution in [0, 0.1) is 0 Å². The zero-order valence-corrected chi connectivity index (χ0v) is 9.00. The molecule has 0 amide bonds. The van der Waals surface area contributed by atoms with Crippen molar-refractivity contribution in [1.82, 2.24) is 0 Å². The van der Waals surface area contributed by atoms with Gasteiger partial charge in [-0.2, -0.15) is 0 Å². The first-order valence-corrected chi connectivity index (χ1v) is 5.23. The molecule has 0 unspecified atom stereocenters. The number of phenolic OH excluding ortho intramolecular Hbond substituents is 1. The third kappa shape index (κ3) is 1.32. The smallest absolute Gasteiger partial charge is 0.117 e. The molecule has 0 fully saturated rings. The number of benzene rings is 1. The fourth-order valence-corrected chi connectivity index (χ4v) is 2.89. The third-order valence-electron chi connectivity index (χ3n) is 1.53. The van der Waals surface area contributed by atoms with Gasteiger partial charge in [-0.05, 0) is 39.5 Å². The van der Waals surface area contributed by atoms with Gasteiger partial charge in [0.25, 0.3) is 0 Å². The Morgan fingerprint density at radius 1 is 1.33 bits per heavy atom. The maximum atomic E-state index is 9.25. The molecule has 0 saturated heterocycles. The third-order valence-corrected chi connectivity index (χ3v) is 3.73. The Hall–Kier alpha value is -0.250. The van der Waals surface area contributed by atoms with Crippen LogP contribution in [0.15, 0.2) is 22.7 Å². The highest BCUT2D eigenvalue weighted by Gasteiger charge is 2.04. The van der Waals surface area contributed by atoms with E-state index < -0.39 is 0 Å². The summed E-state index contributed by atoms with van der Waals surface area (Å²) in [4.78, 5) is 0. The number of phenols is 1. The molecule has 1 N–H and O–H groups in total. The van der Waals surface area contributed by atoms with Gasteiger partial charge in [-0.1, -0.05) is 11.6 Å². The Kier molecular flexibility index (Phi) is 2.02. The van der Waals surface area contributed by atoms with Gasteiger partial charge in [0.05, 0.1) is 9.04 Å². The van der Waals surface area contributed by atoms with Crippen LogP contribution in [0.1, 0.15) is 0 Å². The SMILES string of the molecule is Oc1cc(Br)c2sc(Cl)cc2c1. The van der Waals surface area contributed by atoms with Crippen molar-refractivity contribution in [2.45, 2.75) is 0 Å². The van der Waals surface area contributed by atoms with Crippen LogP contribution in [-0.2, 0) is 0 Å². The molecule has 0 atom stereocenters. The van der Waals surface area contributed by atoms with E-state index in [0.29, 0.717) is 0 Å². The number of hydrogen-bond donors (Lipinski definition) is 1. The van der Waals surface area contributed by atoms with Crippen molar-refractivity contribution >= 4 is 49.0 Å². The number of fused-ring (bicyclic) bond motifs is 1. The molecule has 1 aromatic heterocycles. The summed E-state index contributed by atoms with van der Waals surface area (Å²) in [5, 5.41) is 10.2. The molecule has 12 heavy (non-hydrogen) atoms. The summed E-state index contributed by atoms with van der Waals surface area (Å²) < 4.78 is 2.68. The molecule has 4 heteroatoms. The van der Waals surface area contributed by atoms with Crippen molar-refractivity contribution < 1.29 is 5.11 Å². The van der Waals surface area contributed by atoms with E-state index >= 15 is 0 Å². The van der Waals surface area contributed by atoms with Crippen molar-refractivity contribution in [1.29, 1.82) is 0 Å². The number of aromatic hydroxyl groups is 1.